The lowest BCUT2D eigenvalue weighted by atomic mass is 10.1. The largest absolute Gasteiger partial charge is 0.478 e. The van der Waals surface area contributed by atoms with Gasteiger partial charge < -0.3 is 16.2 Å². The number of rotatable bonds is 10. The third-order valence-electron chi connectivity index (χ3n) is 3.58. The van der Waals surface area contributed by atoms with Crippen LogP contribution in [0.25, 0.3) is 0 Å². The van der Waals surface area contributed by atoms with Crippen LogP contribution in [0.1, 0.15) is 68.6 Å². The number of hydrogen-bond donors (Lipinski definition) is 3. The summed E-state index contributed by atoms with van der Waals surface area (Å²) >= 11 is 0. The van der Waals surface area contributed by atoms with Crippen molar-refractivity contribution in [2.45, 2.75) is 58.3 Å². The molecule has 5 nitrogen and oxygen atoms in total. The van der Waals surface area contributed by atoms with Crippen LogP contribution >= 0.6 is 0 Å². The van der Waals surface area contributed by atoms with Gasteiger partial charge in [0.25, 0.3) is 0 Å². The van der Waals surface area contributed by atoms with Crippen molar-refractivity contribution in [1.82, 2.24) is 0 Å². The van der Waals surface area contributed by atoms with Gasteiger partial charge in [0, 0.05) is 6.42 Å². The van der Waals surface area contributed by atoms with Gasteiger partial charge in [-0.1, -0.05) is 45.4 Å². The van der Waals surface area contributed by atoms with Crippen LogP contribution in [0.15, 0.2) is 18.2 Å². The maximum Gasteiger partial charge on any atom is 0.335 e. The van der Waals surface area contributed by atoms with Crippen LogP contribution in [0.4, 0.5) is 11.4 Å². The number of carbonyl (C=O) groups is 2. The minimum absolute atomic E-state index is 0.0802. The minimum Gasteiger partial charge on any atom is -0.478 e. The summed E-state index contributed by atoms with van der Waals surface area (Å²) in [5.74, 6) is -1.11. The summed E-state index contributed by atoms with van der Waals surface area (Å²) in [5.41, 5.74) is 6.61. The van der Waals surface area contributed by atoms with Crippen LogP contribution in [-0.2, 0) is 4.79 Å². The molecule has 0 unspecified atom stereocenters. The van der Waals surface area contributed by atoms with E-state index in [1.165, 1.54) is 50.3 Å². The summed E-state index contributed by atoms with van der Waals surface area (Å²) in [6, 6.07) is 4.31. The molecule has 0 aliphatic heterocycles. The van der Waals surface area contributed by atoms with E-state index >= 15 is 0 Å². The molecule has 0 aliphatic rings. The second-order valence-corrected chi connectivity index (χ2v) is 5.53. The Bertz CT molecular complexity index is 501. The number of aromatic carboxylic acids is 1. The first-order valence-corrected chi connectivity index (χ1v) is 7.97. The third-order valence-corrected chi connectivity index (χ3v) is 3.58. The van der Waals surface area contributed by atoms with E-state index in [0.717, 1.165) is 12.8 Å². The van der Waals surface area contributed by atoms with Crippen molar-refractivity contribution >= 4 is 23.3 Å². The molecule has 0 saturated heterocycles. The number of benzene rings is 1. The fraction of sp³-hybridized carbons (Fsp3) is 0.529. The van der Waals surface area contributed by atoms with E-state index in [1.807, 2.05) is 0 Å². The minimum atomic E-state index is -1.03. The number of carbonyl (C=O) groups excluding carboxylic acids is 1. The maximum absolute atomic E-state index is 11.8. The highest BCUT2D eigenvalue weighted by atomic mass is 16.4. The van der Waals surface area contributed by atoms with Crippen molar-refractivity contribution in [3.05, 3.63) is 23.8 Å². The molecule has 1 amide bonds. The average molecular weight is 306 g/mol. The first-order chi connectivity index (χ1) is 10.5. The first kappa shape index (κ1) is 18.0. The monoisotopic (exact) mass is 306 g/mol. The summed E-state index contributed by atoms with van der Waals surface area (Å²) in [5, 5.41) is 11.6. The molecule has 0 aliphatic carbocycles. The van der Waals surface area contributed by atoms with Gasteiger partial charge in [0.2, 0.25) is 5.91 Å². The van der Waals surface area contributed by atoms with E-state index in [0.29, 0.717) is 12.1 Å². The number of nitrogens with one attached hydrogen (secondary N) is 1. The van der Waals surface area contributed by atoms with Gasteiger partial charge >= 0.3 is 5.97 Å². The molecule has 0 radical (unpaired) electrons. The van der Waals surface area contributed by atoms with Gasteiger partial charge in [0.1, 0.15) is 0 Å². The zero-order chi connectivity index (χ0) is 16.4. The standard InChI is InChI=1S/C17H26N2O3/c1-2-3-4-5-6-7-8-9-16(20)19-15-11-10-13(17(21)22)12-14(15)18/h10-12H,2-9,18H2,1H3,(H,19,20)(H,21,22). The Balaban J connectivity index is 2.29. The van der Waals surface area contributed by atoms with E-state index in [-0.39, 0.29) is 17.2 Å². The molecule has 22 heavy (non-hydrogen) atoms. The number of anilines is 2. The molecule has 122 valence electrons. The lowest BCUT2D eigenvalue weighted by Gasteiger charge is -2.09. The van der Waals surface area contributed by atoms with Crippen LogP contribution in [0.5, 0.6) is 0 Å². The Morgan fingerprint density at radius 2 is 1.73 bits per heavy atom. The molecule has 0 atom stereocenters. The normalized spacial score (nSPS) is 10.4. The van der Waals surface area contributed by atoms with E-state index in [4.69, 9.17) is 10.8 Å². The summed E-state index contributed by atoms with van der Waals surface area (Å²) in [7, 11) is 0. The molecule has 5 heteroatoms. The Hall–Kier alpha value is -2.04. The van der Waals surface area contributed by atoms with Gasteiger partial charge in [-0.3, -0.25) is 4.79 Å². The molecule has 0 heterocycles. The highest BCUT2D eigenvalue weighted by molar-refractivity contribution is 5.96. The van der Waals surface area contributed by atoms with Crippen LogP contribution in [0.2, 0.25) is 0 Å². The van der Waals surface area contributed by atoms with E-state index in [9.17, 15) is 9.59 Å². The van der Waals surface area contributed by atoms with Crippen LogP contribution in [0, 0.1) is 0 Å². The van der Waals surface area contributed by atoms with Crippen LogP contribution < -0.4 is 11.1 Å². The van der Waals surface area contributed by atoms with Crippen molar-refractivity contribution in [1.29, 1.82) is 0 Å². The fourth-order valence-electron chi connectivity index (χ4n) is 2.26. The highest BCUT2D eigenvalue weighted by Gasteiger charge is 2.08. The quantitative estimate of drug-likeness (QED) is 0.449. The van der Waals surface area contributed by atoms with Gasteiger partial charge in [-0.15, -0.1) is 0 Å². The van der Waals surface area contributed by atoms with Gasteiger partial charge in [0.15, 0.2) is 0 Å². The van der Waals surface area contributed by atoms with Gasteiger partial charge in [-0.25, -0.2) is 4.79 Å². The van der Waals surface area contributed by atoms with Crippen molar-refractivity contribution < 1.29 is 14.7 Å². The molecular formula is C17H26N2O3. The molecule has 0 bridgehead atoms. The average Bonchev–Trinajstić information content (AvgIpc) is 2.48. The summed E-state index contributed by atoms with van der Waals surface area (Å²) in [4.78, 5) is 22.6. The van der Waals surface area contributed by atoms with Crippen molar-refractivity contribution in [3.63, 3.8) is 0 Å². The predicted molar refractivity (Wildman–Crippen MR) is 89.1 cm³/mol. The molecule has 1 aromatic rings. The van der Waals surface area contributed by atoms with E-state index in [1.54, 1.807) is 0 Å². The Labute approximate surface area is 131 Å². The number of nitrogen functional groups attached to an aromatic ring is 1. The maximum atomic E-state index is 11.8. The van der Waals surface area contributed by atoms with Crippen LogP contribution in [-0.4, -0.2) is 17.0 Å². The van der Waals surface area contributed by atoms with Crippen molar-refractivity contribution in [2.75, 3.05) is 11.1 Å². The lowest BCUT2D eigenvalue weighted by molar-refractivity contribution is -0.116. The molecule has 1 rings (SSSR count). The number of nitrogens with two attached hydrogens (primary N) is 1. The Kier molecular flexibility index (Phi) is 8.04. The first-order valence-electron chi connectivity index (χ1n) is 7.97. The predicted octanol–water partition coefficient (Wildman–Crippen LogP) is 4.05. The van der Waals surface area contributed by atoms with Gasteiger partial charge in [0.05, 0.1) is 16.9 Å². The zero-order valence-corrected chi connectivity index (χ0v) is 13.2. The topological polar surface area (TPSA) is 92.4 Å². The summed E-state index contributed by atoms with van der Waals surface area (Å²) in [6.07, 6.45) is 8.59. The van der Waals surface area contributed by atoms with Gasteiger partial charge in [-0.2, -0.15) is 0 Å². The smallest absolute Gasteiger partial charge is 0.335 e. The molecule has 0 aromatic heterocycles. The third kappa shape index (κ3) is 6.61. The Morgan fingerprint density at radius 1 is 1.09 bits per heavy atom. The lowest BCUT2D eigenvalue weighted by Crippen LogP contribution is -2.13. The number of carboxylic acids is 1. The number of unbranched alkanes of at least 4 members (excludes halogenated alkanes) is 6. The zero-order valence-electron chi connectivity index (χ0n) is 13.2. The van der Waals surface area contributed by atoms with E-state index < -0.39 is 5.97 Å². The molecule has 0 spiro atoms. The summed E-state index contributed by atoms with van der Waals surface area (Å²) in [6.45, 7) is 2.19. The molecule has 0 saturated carbocycles. The second-order valence-electron chi connectivity index (χ2n) is 5.53. The highest BCUT2D eigenvalue weighted by Crippen LogP contribution is 2.20. The molecule has 0 fully saturated rings. The van der Waals surface area contributed by atoms with E-state index in [2.05, 4.69) is 12.2 Å². The number of amides is 1. The summed E-state index contributed by atoms with van der Waals surface area (Å²) < 4.78 is 0. The number of carboxylic acid groups (broad SMARTS) is 1. The molecular weight excluding hydrogens is 280 g/mol. The Morgan fingerprint density at radius 3 is 2.32 bits per heavy atom. The van der Waals surface area contributed by atoms with Crippen molar-refractivity contribution in [3.8, 4) is 0 Å². The SMILES string of the molecule is CCCCCCCCCC(=O)Nc1ccc(C(=O)O)cc1N. The molecule has 4 N–H and O–H groups in total. The fourth-order valence-corrected chi connectivity index (χ4v) is 2.26. The second kappa shape index (κ2) is 9.82. The van der Waals surface area contributed by atoms with Gasteiger partial charge in [-0.05, 0) is 24.6 Å². The molecule has 1 aromatic carbocycles. The van der Waals surface area contributed by atoms with Crippen molar-refractivity contribution in [2.24, 2.45) is 0 Å². The van der Waals surface area contributed by atoms with Crippen LogP contribution in [0.3, 0.4) is 0 Å². The number of hydrogen-bond acceptors (Lipinski definition) is 3.